The number of carboxylic acids is 1. The fourth-order valence-corrected chi connectivity index (χ4v) is 5.84. The summed E-state index contributed by atoms with van der Waals surface area (Å²) in [6, 6.07) is 7.51. The summed E-state index contributed by atoms with van der Waals surface area (Å²) in [6.07, 6.45) is 4.34. The molecule has 176 valence electrons. The average molecular weight is 476 g/mol. The van der Waals surface area contributed by atoms with Gasteiger partial charge in [-0.25, -0.2) is 17.8 Å². The molecule has 1 saturated heterocycles. The van der Waals surface area contributed by atoms with Gasteiger partial charge in [0.15, 0.2) is 0 Å². The second-order valence-electron chi connectivity index (χ2n) is 8.42. The first kappa shape index (κ1) is 23.2. The Hall–Kier alpha value is -2.98. The van der Waals surface area contributed by atoms with Crippen LogP contribution in [0.25, 0.3) is 11.0 Å². The topological polar surface area (TPSA) is 102 Å². The Morgan fingerprint density at radius 3 is 2.64 bits per heavy atom. The first-order valence-corrected chi connectivity index (χ1v) is 12.2. The Morgan fingerprint density at radius 2 is 2.00 bits per heavy atom. The van der Waals surface area contributed by atoms with Crippen LogP contribution in [0.3, 0.4) is 0 Å². The summed E-state index contributed by atoms with van der Waals surface area (Å²) < 4.78 is 49.2. The first-order chi connectivity index (χ1) is 15.7. The molecule has 2 aromatic heterocycles. The number of carboxylic acid groups (broad SMARTS) is 1. The molecule has 0 atom stereocenters. The number of benzene rings is 1. The number of pyridine rings is 1. The van der Waals surface area contributed by atoms with Gasteiger partial charge in [-0.05, 0) is 62.4 Å². The summed E-state index contributed by atoms with van der Waals surface area (Å²) in [4.78, 5) is 15.2. The van der Waals surface area contributed by atoms with Crippen molar-refractivity contribution in [3.8, 4) is 5.75 Å². The lowest BCUT2D eigenvalue weighted by molar-refractivity contribution is -0.137. The van der Waals surface area contributed by atoms with Gasteiger partial charge in [-0.3, -0.25) is 4.79 Å². The molecule has 33 heavy (non-hydrogen) atoms. The molecule has 3 aromatic rings. The van der Waals surface area contributed by atoms with Crippen molar-refractivity contribution in [2.24, 2.45) is 0 Å². The summed E-state index contributed by atoms with van der Waals surface area (Å²) in [5.74, 6) is -1.47. The van der Waals surface area contributed by atoms with Crippen LogP contribution in [-0.4, -0.2) is 52.5 Å². The number of sulfonamides is 1. The van der Waals surface area contributed by atoms with E-state index >= 15 is 0 Å². The van der Waals surface area contributed by atoms with Crippen molar-refractivity contribution in [1.82, 2.24) is 13.9 Å². The third-order valence-corrected chi connectivity index (χ3v) is 7.69. The molecule has 4 rings (SSSR count). The molecule has 0 spiro atoms. The van der Waals surface area contributed by atoms with Gasteiger partial charge in [0.25, 0.3) is 0 Å². The highest BCUT2D eigenvalue weighted by Crippen LogP contribution is 2.36. The molecule has 3 heterocycles. The molecule has 8 nitrogen and oxygen atoms in total. The van der Waals surface area contributed by atoms with Gasteiger partial charge in [-0.15, -0.1) is 0 Å². The SMILES string of the molecule is CC(C)Oc1ccc(S(=O)(=O)N2CCC(c3cn(CC(=O)O)c4ncccc34)CC2)c(F)c1. The van der Waals surface area contributed by atoms with E-state index in [0.717, 1.165) is 17.0 Å². The van der Waals surface area contributed by atoms with Gasteiger partial charge in [0.2, 0.25) is 10.0 Å². The molecule has 1 aliphatic heterocycles. The Labute approximate surface area is 191 Å². The van der Waals surface area contributed by atoms with Crippen LogP contribution in [0.5, 0.6) is 5.75 Å². The van der Waals surface area contributed by atoms with Crippen molar-refractivity contribution < 1.29 is 27.4 Å². The predicted octanol–water partition coefficient (Wildman–Crippen LogP) is 3.62. The van der Waals surface area contributed by atoms with Gasteiger partial charge in [0, 0.05) is 36.9 Å². The Kier molecular flexibility index (Phi) is 6.40. The van der Waals surface area contributed by atoms with E-state index in [0.29, 0.717) is 18.5 Å². The van der Waals surface area contributed by atoms with E-state index < -0.39 is 21.8 Å². The van der Waals surface area contributed by atoms with E-state index in [1.54, 1.807) is 23.0 Å². The van der Waals surface area contributed by atoms with Gasteiger partial charge in [-0.2, -0.15) is 4.31 Å². The molecule has 1 N–H and O–H groups in total. The lowest BCUT2D eigenvalue weighted by atomic mass is 9.90. The third-order valence-electron chi connectivity index (χ3n) is 5.76. The zero-order chi connectivity index (χ0) is 23.8. The highest BCUT2D eigenvalue weighted by Gasteiger charge is 2.33. The lowest BCUT2D eigenvalue weighted by Crippen LogP contribution is -2.38. The van der Waals surface area contributed by atoms with E-state index in [4.69, 9.17) is 4.74 Å². The summed E-state index contributed by atoms with van der Waals surface area (Å²) >= 11 is 0. The fraction of sp³-hybridized carbons (Fsp3) is 0.391. The van der Waals surface area contributed by atoms with Gasteiger partial charge in [0.1, 0.15) is 28.7 Å². The van der Waals surface area contributed by atoms with Crippen molar-refractivity contribution in [1.29, 1.82) is 0 Å². The highest BCUT2D eigenvalue weighted by atomic mass is 32.2. The first-order valence-electron chi connectivity index (χ1n) is 10.8. The van der Waals surface area contributed by atoms with Crippen LogP contribution in [0.15, 0.2) is 47.6 Å². The largest absolute Gasteiger partial charge is 0.491 e. The van der Waals surface area contributed by atoms with E-state index in [1.165, 1.54) is 16.4 Å². The minimum absolute atomic E-state index is 0.0462. The van der Waals surface area contributed by atoms with Crippen LogP contribution in [-0.2, 0) is 21.4 Å². The Morgan fingerprint density at radius 1 is 1.27 bits per heavy atom. The molecular formula is C23H26FN3O5S. The van der Waals surface area contributed by atoms with Crippen molar-refractivity contribution in [2.45, 2.75) is 50.2 Å². The molecule has 1 aliphatic rings. The summed E-state index contributed by atoms with van der Waals surface area (Å²) in [6.45, 7) is 3.89. The molecule has 1 fully saturated rings. The van der Waals surface area contributed by atoms with Crippen LogP contribution in [0, 0.1) is 5.82 Å². The second-order valence-corrected chi connectivity index (χ2v) is 10.3. The molecule has 0 saturated carbocycles. The molecule has 1 aromatic carbocycles. The number of hydrogen-bond donors (Lipinski definition) is 1. The third kappa shape index (κ3) is 4.72. The summed E-state index contributed by atoms with van der Waals surface area (Å²) in [5.41, 5.74) is 1.55. The van der Waals surface area contributed by atoms with Crippen molar-refractivity contribution in [3.05, 3.63) is 54.1 Å². The number of piperidine rings is 1. The second kappa shape index (κ2) is 9.11. The van der Waals surface area contributed by atoms with Gasteiger partial charge in [0.05, 0.1) is 6.10 Å². The number of carbonyl (C=O) groups is 1. The number of rotatable bonds is 7. The summed E-state index contributed by atoms with van der Waals surface area (Å²) in [5, 5.41) is 10.1. The van der Waals surface area contributed by atoms with E-state index in [9.17, 15) is 22.7 Å². The quantitative estimate of drug-likeness (QED) is 0.560. The Bertz CT molecular complexity index is 1280. The van der Waals surface area contributed by atoms with Crippen LogP contribution in [0.1, 0.15) is 38.2 Å². The van der Waals surface area contributed by atoms with Gasteiger partial charge >= 0.3 is 5.97 Å². The number of aromatic nitrogens is 2. The minimum atomic E-state index is -3.99. The van der Waals surface area contributed by atoms with E-state index in [1.807, 2.05) is 19.9 Å². The number of halogens is 1. The standard InChI is InChI=1S/C23H26FN3O5S/c1-15(2)32-17-5-6-21(20(24)12-17)33(30,31)27-10-7-16(8-11-27)19-13-26(14-22(28)29)23-18(19)4-3-9-25-23/h3-6,9,12-13,15-16H,7-8,10-11,14H2,1-2H3,(H,28,29). The van der Waals surface area contributed by atoms with Crippen LogP contribution >= 0.6 is 0 Å². The molecular weight excluding hydrogens is 449 g/mol. The monoisotopic (exact) mass is 475 g/mol. The van der Waals surface area contributed by atoms with Crippen molar-refractivity contribution in [3.63, 3.8) is 0 Å². The van der Waals surface area contributed by atoms with Crippen LogP contribution < -0.4 is 4.74 Å². The maximum absolute atomic E-state index is 14.6. The normalized spacial score (nSPS) is 15.9. The lowest BCUT2D eigenvalue weighted by Gasteiger charge is -2.31. The maximum atomic E-state index is 14.6. The molecule has 0 bridgehead atoms. The van der Waals surface area contributed by atoms with E-state index in [2.05, 4.69) is 4.98 Å². The zero-order valence-electron chi connectivity index (χ0n) is 18.4. The van der Waals surface area contributed by atoms with Crippen LogP contribution in [0.4, 0.5) is 4.39 Å². The van der Waals surface area contributed by atoms with E-state index in [-0.39, 0.29) is 42.3 Å². The highest BCUT2D eigenvalue weighted by molar-refractivity contribution is 7.89. The molecule has 10 heteroatoms. The number of aliphatic carboxylic acids is 1. The van der Waals surface area contributed by atoms with Crippen molar-refractivity contribution in [2.75, 3.05) is 13.1 Å². The number of ether oxygens (including phenoxy) is 1. The molecule has 0 aliphatic carbocycles. The molecule has 0 unspecified atom stereocenters. The van der Waals surface area contributed by atoms with Crippen LogP contribution in [0.2, 0.25) is 0 Å². The van der Waals surface area contributed by atoms with Crippen molar-refractivity contribution >= 4 is 27.0 Å². The Balaban J connectivity index is 1.53. The number of fused-ring (bicyclic) bond motifs is 1. The summed E-state index contributed by atoms with van der Waals surface area (Å²) in [7, 11) is -3.99. The van der Waals surface area contributed by atoms with Gasteiger partial charge in [-0.1, -0.05) is 0 Å². The fourth-order valence-electron chi connectivity index (χ4n) is 4.32. The number of hydrogen-bond acceptors (Lipinski definition) is 5. The molecule has 0 radical (unpaired) electrons. The maximum Gasteiger partial charge on any atom is 0.323 e. The average Bonchev–Trinajstić information content (AvgIpc) is 3.11. The minimum Gasteiger partial charge on any atom is -0.491 e. The number of nitrogens with zero attached hydrogens (tertiary/aromatic N) is 3. The predicted molar refractivity (Wildman–Crippen MR) is 120 cm³/mol. The smallest absolute Gasteiger partial charge is 0.323 e. The molecule has 0 amide bonds. The zero-order valence-corrected chi connectivity index (χ0v) is 19.3. The van der Waals surface area contributed by atoms with Gasteiger partial charge < -0.3 is 14.4 Å².